The number of carbonyl (C=O) groups is 2. The summed E-state index contributed by atoms with van der Waals surface area (Å²) in [6.45, 7) is 2.66. The van der Waals surface area contributed by atoms with Crippen LogP contribution in [0.2, 0.25) is 0 Å². The fraction of sp³-hybridized carbons (Fsp3) is 0.333. The number of hydrogen-bond acceptors (Lipinski definition) is 4. The molecule has 2 aromatic carbocycles. The van der Waals surface area contributed by atoms with Crippen molar-refractivity contribution in [3.63, 3.8) is 0 Å². The van der Waals surface area contributed by atoms with Gasteiger partial charge in [0.05, 0.1) is 14.2 Å². The Hall–Kier alpha value is -2.54. The highest BCUT2D eigenvalue weighted by molar-refractivity contribution is 9.10. The largest absolute Gasteiger partial charge is 0.493 e. The van der Waals surface area contributed by atoms with E-state index in [1.54, 1.807) is 20.3 Å². The third-order valence-electron chi connectivity index (χ3n) is 4.30. The van der Waals surface area contributed by atoms with Crippen LogP contribution < -0.4 is 20.1 Å². The molecule has 7 heteroatoms. The second-order valence-electron chi connectivity index (χ2n) is 6.22. The van der Waals surface area contributed by atoms with Gasteiger partial charge in [0.2, 0.25) is 5.91 Å². The smallest absolute Gasteiger partial charge is 0.251 e. The Kier molecular flexibility index (Phi) is 8.32. The molecule has 2 N–H and O–H groups in total. The van der Waals surface area contributed by atoms with Gasteiger partial charge in [0.15, 0.2) is 11.5 Å². The third-order valence-corrected chi connectivity index (χ3v) is 5.03. The van der Waals surface area contributed by atoms with E-state index in [4.69, 9.17) is 9.47 Å². The summed E-state index contributed by atoms with van der Waals surface area (Å²) in [5.74, 6) is 1.01. The third kappa shape index (κ3) is 5.99. The number of rotatable bonds is 9. The van der Waals surface area contributed by atoms with Crippen molar-refractivity contribution in [3.05, 3.63) is 57.6 Å². The van der Waals surface area contributed by atoms with Crippen LogP contribution in [-0.2, 0) is 11.2 Å². The van der Waals surface area contributed by atoms with Crippen LogP contribution in [0, 0.1) is 6.92 Å². The first kappa shape index (κ1) is 21.8. The summed E-state index contributed by atoms with van der Waals surface area (Å²) < 4.78 is 11.5. The van der Waals surface area contributed by atoms with Gasteiger partial charge in [-0.05, 0) is 42.7 Å². The number of nitrogens with one attached hydrogen (secondary N) is 2. The molecule has 0 unspecified atom stereocenters. The second-order valence-corrected chi connectivity index (χ2v) is 7.07. The lowest BCUT2D eigenvalue weighted by Gasteiger charge is -2.12. The van der Waals surface area contributed by atoms with Crippen LogP contribution in [0.3, 0.4) is 0 Å². The molecule has 150 valence electrons. The molecule has 0 heterocycles. The van der Waals surface area contributed by atoms with Crippen molar-refractivity contribution in [1.82, 2.24) is 10.6 Å². The summed E-state index contributed by atoms with van der Waals surface area (Å²) in [6, 6.07) is 11.1. The number of benzene rings is 2. The Morgan fingerprint density at radius 2 is 1.68 bits per heavy atom. The number of ether oxygens (including phenoxy) is 2. The minimum Gasteiger partial charge on any atom is -0.493 e. The lowest BCUT2D eigenvalue weighted by molar-refractivity contribution is -0.120. The predicted octanol–water partition coefficient (Wildman–Crippen LogP) is 3.25. The van der Waals surface area contributed by atoms with Crippen LogP contribution in [0.5, 0.6) is 11.5 Å². The molecular weight excluding hydrogens is 424 g/mol. The molecule has 0 aliphatic rings. The zero-order valence-electron chi connectivity index (χ0n) is 16.3. The van der Waals surface area contributed by atoms with Crippen molar-refractivity contribution >= 4 is 27.7 Å². The number of halogens is 1. The van der Waals surface area contributed by atoms with E-state index in [0.717, 1.165) is 15.6 Å². The van der Waals surface area contributed by atoms with Crippen LogP contribution in [0.1, 0.15) is 27.9 Å². The predicted molar refractivity (Wildman–Crippen MR) is 112 cm³/mol. The van der Waals surface area contributed by atoms with Gasteiger partial charge in [-0.1, -0.05) is 34.1 Å². The Morgan fingerprint density at radius 1 is 1.00 bits per heavy atom. The summed E-state index contributed by atoms with van der Waals surface area (Å²) in [6.07, 6.45) is 0.868. The average Bonchev–Trinajstić information content (AvgIpc) is 2.69. The molecule has 0 aliphatic heterocycles. The van der Waals surface area contributed by atoms with Crippen molar-refractivity contribution in [2.75, 3.05) is 27.3 Å². The lowest BCUT2D eigenvalue weighted by atomic mass is 10.1. The maximum Gasteiger partial charge on any atom is 0.251 e. The minimum atomic E-state index is -0.167. The Labute approximate surface area is 173 Å². The summed E-state index contributed by atoms with van der Waals surface area (Å²) in [5.41, 5.74) is 2.54. The van der Waals surface area contributed by atoms with E-state index in [1.807, 2.05) is 37.3 Å². The van der Waals surface area contributed by atoms with Crippen LogP contribution in [-0.4, -0.2) is 39.1 Å². The highest BCUT2D eigenvalue weighted by atomic mass is 79.9. The van der Waals surface area contributed by atoms with E-state index in [2.05, 4.69) is 26.6 Å². The van der Waals surface area contributed by atoms with E-state index in [0.29, 0.717) is 36.6 Å². The number of methoxy groups -OCH3 is 2. The van der Waals surface area contributed by atoms with E-state index in [1.165, 1.54) is 0 Å². The zero-order chi connectivity index (χ0) is 20.5. The monoisotopic (exact) mass is 448 g/mol. The van der Waals surface area contributed by atoms with Gasteiger partial charge in [0.25, 0.3) is 5.91 Å². The highest BCUT2D eigenvalue weighted by Gasteiger charge is 2.11. The van der Waals surface area contributed by atoms with E-state index in [-0.39, 0.29) is 18.2 Å². The van der Waals surface area contributed by atoms with E-state index >= 15 is 0 Å². The van der Waals surface area contributed by atoms with Gasteiger partial charge in [0.1, 0.15) is 0 Å². The summed E-state index contributed by atoms with van der Waals surface area (Å²) >= 11 is 3.51. The summed E-state index contributed by atoms with van der Waals surface area (Å²) in [5, 5.41) is 5.64. The molecule has 28 heavy (non-hydrogen) atoms. The van der Waals surface area contributed by atoms with Crippen molar-refractivity contribution in [2.24, 2.45) is 0 Å². The van der Waals surface area contributed by atoms with Gasteiger partial charge in [0, 0.05) is 29.5 Å². The molecule has 0 atom stereocenters. The maximum atomic E-state index is 12.1. The fourth-order valence-electron chi connectivity index (χ4n) is 2.73. The van der Waals surface area contributed by atoms with Crippen LogP contribution in [0.15, 0.2) is 40.9 Å². The average molecular weight is 449 g/mol. The first-order valence-corrected chi connectivity index (χ1v) is 9.76. The first-order chi connectivity index (χ1) is 13.5. The Bertz CT molecular complexity index is 839. The minimum absolute atomic E-state index is 0.110. The van der Waals surface area contributed by atoms with Gasteiger partial charge in [-0.15, -0.1) is 0 Å². The SMILES string of the molecule is COc1cc(Br)c(CCNC(=O)CCNC(=O)c2ccccc2C)cc1OC. The second kappa shape index (κ2) is 10.7. The van der Waals surface area contributed by atoms with Gasteiger partial charge in [-0.3, -0.25) is 9.59 Å². The number of hydrogen-bond donors (Lipinski definition) is 2. The van der Waals surface area contributed by atoms with Crippen LogP contribution in [0.25, 0.3) is 0 Å². The van der Waals surface area contributed by atoms with E-state index < -0.39 is 0 Å². The van der Waals surface area contributed by atoms with Crippen molar-refractivity contribution in [1.29, 1.82) is 0 Å². The first-order valence-electron chi connectivity index (χ1n) is 8.97. The molecular formula is C21H25BrN2O4. The molecule has 0 bridgehead atoms. The maximum absolute atomic E-state index is 12.1. The highest BCUT2D eigenvalue weighted by Crippen LogP contribution is 2.33. The molecule has 6 nitrogen and oxygen atoms in total. The van der Waals surface area contributed by atoms with Gasteiger partial charge < -0.3 is 20.1 Å². The molecule has 0 aliphatic carbocycles. The topological polar surface area (TPSA) is 76.7 Å². The Morgan fingerprint density at radius 3 is 2.36 bits per heavy atom. The molecule has 0 saturated carbocycles. The number of amides is 2. The summed E-state index contributed by atoms with van der Waals surface area (Å²) in [7, 11) is 3.17. The molecule has 2 amide bonds. The standard InChI is InChI=1S/C21H25BrN2O4/c1-14-6-4-5-7-16(14)21(26)24-11-9-20(25)23-10-8-15-12-18(27-2)19(28-3)13-17(15)22/h4-7,12-13H,8-11H2,1-3H3,(H,23,25)(H,24,26). The molecule has 0 fully saturated rings. The lowest BCUT2D eigenvalue weighted by Crippen LogP contribution is -2.32. The number of carbonyl (C=O) groups excluding carboxylic acids is 2. The van der Waals surface area contributed by atoms with E-state index in [9.17, 15) is 9.59 Å². The van der Waals surface area contributed by atoms with Crippen molar-refractivity contribution in [2.45, 2.75) is 19.8 Å². The molecule has 0 saturated heterocycles. The van der Waals surface area contributed by atoms with Crippen molar-refractivity contribution < 1.29 is 19.1 Å². The molecule has 0 radical (unpaired) electrons. The van der Waals surface area contributed by atoms with Gasteiger partial charge in [-0.2, -0.15) is 0 Å². The van der Waals surface area contributed by atoms with Crippen molar-refractivity contribution in [3.8, 4) is 11.5 Å². The molecule has 0 spiro atoms. The van der Waals surface area contributed by atoms with Crippen LogP contribution >= 0.6 is 15.9 Å². The Balaban J connectivity index is 1.76. The molecule has 0 aromatic heterocycles. The van der Waals surface area contributed by atoms with Gasteiger partial charge >= 0.3 is 0 Å². The van der Waals surface area contributed by atoms with Gasteiger partial charge in [-0.25, -0.2) is 0 Å². The quantitative estimate of drug-likeness (QED) is 0.617. The van der Waals surface area contributed by atoms with Crippen LogP contribution in [0.4, 0.5) is 0 Å². The fourth-order valence-corrected chi connectivity index (χ4v) is 3.25. The molecule has 2 aromatic rings. The zero-order valence-corrected chi connectivity index (χ0v) is 17.9. The normalized spacial score (nSPS) is 10.3. The molecule has 2 rings (SSSR count). The summed E-state index contributed by atoms with van der Waals surface area (Å²) in [4.78, 5) is 24.1. The number of aryl methyl sites for hydroxylation is 1.